The summed E-state index contributed by atoms with van der Waals surface area (Å²) >= 11 is -0.669. The van der Waals surface area contributed by atoms with Gasteiger partial charge in [0.2, 0.25) is 0 Å². The predicted octanol–water partition coefficient (Wildman–Crippen LogP) is 1.92. The summed E-state index contributed by atoms with van der Waals surface area (Å²) in [5.41, 5.74) is 0. The summed E-state index contributed by atoms with van der Waals surface area (Å²) in [4.78, 5) is 0. The molecule has 0 fully saturated rings. The molecule has 0 aliphatic rings. The third-order valence-corrected chi connectivity index (χ3v) is 6.92. The SMILES string of the molecule is Fc1c(F)c(F)[c]([AlH2])c(F)c1F.Fc1c(F)c(F)[c]([AlH2])c(F)c1F.Fc1c(F)c(F)[c]([AlH2])c(F)c1F. The van der Waals surface area contributed by atoms with Gasteiger partial charge < -0.3 is 0 Å². The molecule has 0 saturated carbocycles. The number of rotatable bonds is 0. The molecule has 3 aromatic rings. The van der Waals surface area contributed by atoms with E-state index in [2.05, 4.69) is 0 Å². The third-order valence-electron chi connectivity index (χ3n) is 4.29. The van der Waals surface area contributed by atoms with Crippen LogP contribution >= 0.6 is 0 Å². The molecule has 3 aromatic carbocycles. The molecular weight excluding hydrogens is 582 g/mol. The van der Waals surface area contributed by atoms with Gasteiger partial charge in [0.05, 0.1) is 0 Å². The Morgan fingerprint density at radius 1 is 0.194 bits per heavy atom. The first-order valence-corrected chi connectivity index (χ1v) is 11.8. The maximum absolute atomic E-state index is 12.4. The fraction of sp³-hybridized carbons (Fsp3) is 0. The zero-order chi connectivity index (χ0) is 28.4. The van der Waals surface area contributed by atoms with E-state index in [9.17, 15) is 65.9 Å². The quantitative estimate of drug-likeness (QED) is 0.163. The molecule has 0 saturated heterocycles. The van der Waals surface area contributed by atoms with Crippen molar-refractivity contribution in [2.45, 2.75) is 0 Å². The van der Waals surface area contributed by atoms with E-state index < -0.39 is 101 Å². The molecule has 36 heavy (non-hydrogen) atoms. The van der Waals surface area contributed by atoms with Crippen molar-refractivity contribution in [1.29, 1.82) is 0 Å². The summed E-state index contributed by atoms with van der Waals surface area (Å²) in [7, 11) is 0. The average molecular weight is 588 g/mol. The molecular formula is C18H6Al3F15. The zero-order valence-corrected chi connectivity index (χ0v) is 23.7. The van der Waals surface area contributed by atoms with Crippen molar-refractivity contribution in [2.24, 2.45) is 0 Å². The van der Waals surface area contributed by atoms with Gasteiger partial charge in [0.15, 0.2) is 87.3 Å². The van der Waals surface area contributed by atoms with Gasteiger partial charge in [-0.05, 0) is 13.3 Å². The number of halogens is 15. The van der Waals surface area contributed by atoms with Crippen molar-refractivity contribution in [1.82, 2.24) is 0 Å². The van der Waals surface area contributed by atoms with Crippen molar-refractivity contribution < 1.29 is 65.9 Å². The molecule has 192 valence electrons. The first-order valence-electron chi connectivity index (χ1n) is 8.83. The van der Waals surface area contributed by atoms with Crippen LogP contribution in [0.4, 0.5) is 65.9 Å². The molecule has 0 aliphatic heterocycles. The number of hydrogen-bond donors (Lipinski definition) is 0. The van der Waals surface area contributed by atoms with E-state index in [1.807, 2.05) is 0 Å². The summed E-state index contributed by atoms with van der Waals surface area (Å²) in [6, 6.07) is 0. The Morgan fingerprint density at radius 3 is 0.389 bits per heavy atom. The highest BCUT2D eigenvalue weighted by atomic mass is 27.1. The van der Waals surface area contributed by atoms with Crippen molar-refractivity contribution in [3.8, 4) is 0 Å². The molecule has 18 heteroatoms. The van der Waals surface area contributed by atoms with E-state index in [-0.39, 0.29) is 48.9 Å². The van der Waals surface area contributed by atoms with Crippen LogP contribution in [0.1, 0.15) is 0 Å². The largest absolute Gasteiger partial charge is 0.268 e. The highest BCUT2D eigenvalue weighted by Gasteiger charge is 2.24. The molecule has 0 aliphatic carbocycles. The Morgan fingerprint density at radius 2 is 0.278 bits per heavy atom. The van der Waals surface area contributed by atoms with Gasteiger partial charge >= 0.3 is 0 Å². The molecule has 0 atom stereocenters. The molecule has 0 bridgehead atoms. The van der Waals surface area contributed by atoms with Crippen molar-refractivity contribution in [2.75, 3.05) is 0 Å². The topological polar surface area (TPSA) is 0 Å². The van der Waals surface area contributed by atoms with E-state index in [0.29, 0.717) is 0 Å². The van der Waals surface area contributed by atoms with Crippen LogP contribution in [0.15, 0.2) is 0 Å². The monoisotopic (exact) mass is 588 g/mol. The summed E-state index contributed by atoms with van der Waals surface area (Å²) in [6.07, 6.45) is 0. The summed E-state index contributed by atoms with van der Waals surface area (Å²) in [5.74, 6) is -27.9. The van der Waals surface area contributed by atoms with Crippen LogP contribution in [0.25, 0.3) is 0 Å². The van der Waals surface area contributed by atoms with Crippen LogP contribution < -0.4 is 13.3 Å². The zero-order valence-electron chi connectivity index (χ0n) is 17.7. The Balaban J connectivity index is 0.000000270. The molecule has 0 N–H and O–H groups in total. The summed E-state index contributed by atoms with van der Waals surface area (Å²) in [5, 5.41) is 0. The fourth-order valence-electron chi connectivity index (χ4n) is 2.14. The number of benzene rings is 3. The van der Waals surface area contributed by atoms with E-state index in [0.717, 1.165) is 0 Å². The lowest BCUT2D eigenvalue weighted by atomic mass is 10.3. The highest BCUT2D eigenvalue weighted by Crippen LogP contribution is 2.16. The molecule has 0 heterocycles. The lowest BCUT2D eigenvalue weighted by Gasteiger charge is -2.02. The third kappa shape index (κ3) is 6.36. The second-order valence-corrected chi connectivity index (χ2v) is 9.58. The molecule has 0 radical (unpaired) electrons. The molecule has 0 amide bonds. The van der Waals surface area contributed by atoms with E-state index in [1.54, 1.807) is 0 Å². The van der Waals surface area contributed by atoms with Crippen LogP contribution in [0.2, 0.25) is 0 Å². The Bertz CT molecular complexity index is 851. The van der Waals surface area contributed by atoms with Gasteiger partial charge in [-0.3, -0.25) is 0 Å². The minimum Gasteiger partial charge on any atom is -0.205 e. The van der Waals surface area contributed by atoms with E-state index in [1.165, 1.54) is 0 Å². The average Bonchev–Trinajstić information content (AvgIpc) is 2.87. The maximum atomic E-state index is 12.4. The van der Waals surface area contributed by atoms with E-state index >= 15 is 0 Å². The Hall–Kier alpha value is -1.79. The molecule has 0 unspecified atom stereocenters. The van der Waals surface area contributed by atoms with Gasteiger partial charge in [-0.15, -0.1) is 0 Å². The van der Waals surface area contributed by atoms with Gasteiger partial charge in [-0.2, -0.15) is 0 Å². The maximum Gasteiger partial charge on any atom is 0.268 e. The standard InChI is InChI=1S/3C6F5.3Al.6H/c3*7-2-1-3(8)5(10)6(11)4(2)9;;;;;;;;;. The van der Waals surface area contributed by atoms with Crippen molar-refractivity contribution in [3.05, 3.63) is 87.3 Å². The Labute approximate surface area is 215 Å². The lowest BCUT2D eigenvalue weighted by molar-refractivity contribution is 0.384. The molecule has 0 spiro atoms. The smallest absolute Gasteiger partial charge is 0.205 e. The molecule has 0 aromatic heterocycles. The van der Waals surface area contributed by atoms with Crippen molar-refractivity contribution >= 4 is 62.1 Å². The van der Waals surface area contributed by atoms with Gasteiger partial charge in [0.1, 0.15) is 0 Å². The summed E-state index contributed by atoms with van der Waals surface area (Å²) < 4.78 is 183. The summed E-state index contributed by atoms with van der Waals surface area (Å²) in [6.45, 7) is 0. The fourth-order valence-corrected chi connectivity index (χ4v) is 3.46. The second kappa shape index (κ2) is 12.6. The molecule has 3 rings (SSSR count). The van der Waals surface area contributed by atoms with E-state index in [4.69, 9.17) is 0 Å². The highest BCUT2D eigenvalue weighted by molar-refractivity contribution is 6.33. The van der Waals surface area contributed by atoms with Crippen LogP contribution in [0.3, 0.4) is 0 Å². The predicted molar refractivity (Wildman–Crippen MR) is 103 cm³/mol. The number of hydrogen-bond acceptors (Lipinski definition) is 0. The lowest BCUT2D eigenvalue weighted by Crippen LogP contribution is -2.20. The van der Waals surface area contributed by atoms with Crippen LogP contribution in [-0.2, 0) is 0 Å². The van der Waals surface area contributed by atoms with Gasteiger partial charge in [-0.25, -0.2) is 65.9 Å². The first-order chi connectivity index (χ1) is 16.4. The van der Waals surface area contributed by atoms with Gasteiger partial charge in [0, 0.05) is 0 Å². The second-order valence-electron chi connectivity index (χ2n) is 6.58. The van der Waals surface area contributed by atoms with Crippen LogP contribution in [0.5, 0.6) is 0 Å². The minimum absolute atomic E-state index is 0.223. The minimum atomic E-state index is -2.11. The molecule has 0 nitrogen and oxygen atoms in total. The Kier molecular flexibility index (Phi) is 11.3. The van der Waals surface area contributed by atoms with Gasteiger partial charge in [-0.1, -0.05) is 0 Å². The van der Waals surface area contributed by atoms with Crippen molar-refractivity contribution in [3.63, 3.8) is 0 Å². The van der Waals surface area contributed by atoms with Crippen LogP contribution in [-0.4, -0.2) is 48.9 Å². The first kappa shape index (κ1) is 32.2. The normalized spacial score (nSPS) is 10.4. The van der Waals surface area contributed by atoms with Crippen LogP contribution in [0, 0.1) is 87.3 Å². The van der Waals surface area contributed by atoms with Gasteiger partial charge in [0.25, 0.3) is 48.9 Å².